The van der Waals surface area contributed by atoms with E-state index in [1.165, 1.54) is 24.3 Å². The molecule has 0 bridgehead atoms. The van der Waals surface area contributed by atoms with E-state index in [1.54, 1.807) is 6.07 Å². The number of nitrogens with one attached hydrogen (secondary N) is 1. The molecule has 0 aromatic heterocycles. The molecule has 0 heterocycles. The van der Waals surface area contributed by atoms with Gasteiger partial charge in [-0.3, -0.25) is 4.79 Å². The number of amides is 1. The highest BCUT2D eigenvalue weighted by Gasteiger charge is 2.06. The summed E-state index contributed by atoms with van der Waals surface area (Å²) < 4.78 is 17.9. The zero-order valence-corrected chi connectivity index (χ0v) is 14.6. The number of carbonyl (C=O) groups excluding carboxylic acids is 2. The Bertz CT molecular complexity index is 833. The van der Waals surface area contributed by atoms with Crippen molar-refractivity contribution in [3.63, 3.8) is 0 Å². The summed E-state index contributed by atoms with van der Waals surface area (Å²) in [4.78, 5) is 23.4. The number of anilines is 1. The molecule has 6 heteroatoms. The molecular formula is C19H17ClFNO3. The predicted molar refractivity (Wildman–Crippen MR) is 95.9 cm³/mol. The first kappa shape index (κ1) is 18.7. The van der Waals surface area contributed by atoms with Crippen molar-refractivity contribution in [2.45, 2.75) is 13.8 Å². The lowest BCUT2D eigenvalue weighted by Crippen LogP contribution is -2.20. The number of aryl methyl sites for hydroxylation is 2. The van der Waals surface area contributed by atoms with Gasteiger partial charge in [0.05, 0.1) is 5.02 Å². The van der Waals surface area contributed by atoms with Crippen LogP contribution in [0.4, 0.5) is 10.1 Å². The summed E-state index contributed by atoms with van der Waals surface area (Å²) in [5.74, 6) is -1.66. The molecule has 0 fully saturated rings. The van der Waals surface area contributed by atoms with Crippen LogP contribution in [0.2, 0.25) is 5.02 Å². The van der Waals surface area contributed by atoms with Crippen LogP contribution in [0.1, 0.15) is 16.7 Å². The maximum absolute atomic E-state index is 13.0. The van der Waals surface area contributed by atoms with Crippen LogP contribution in [-0.4, -0.2) is 18.5 Å². The Morgan fingerprint density at radius 1 is 1.16 bits per heavy atom. The van der Waals surface area contributed by atoms with Crippen molar-refractivity contribution in [3.05, 3.63) is 70.0 Å². The minimum atomic E-state index is -0.685. The highest BCUT2D eigenvalue weighted by Crippen LogP contribution is 2.17. The lowest BCUT2D eigenvalue weighted by atomic mass is 10.1. The number of carbonyl (C=O) groups is 2. The molecule has 4 nitrogen and oxygen atoms in total. The Morgan fingerprint density at radius 3 is 2.60 bits per heavy atom. The van der Waals surface area contributed by atoms with Crippen LogP contribution in [0.25, 0.3) is 6.08 Å². The Balaban J connectivity index is 1.84. The van der Waals surface area contributed by atoms with E-state index in [1.807, 2.05) is 26.0 Å². The number of rotatable bonds is 5. The summed E-state index contributed by atoms with van der Waals surface area (Å²) in [5, 5.41) is 2.61. The predicted octanol–water partition coefficient (Wildman–Crippen LogP) is 4.29. The largest absolute Gasteiger partial charge is 0.452 e. The summed E-state index contributed by atoms with van der Waals surface area (Å²) in [6.07, 6.45) is 2.57. The Hall–Kier alpha value is -2.66. The van der Waals surface area contributed by atoms with Crippen LogP contribution < -0.4 is 5.32 Å². The molecule has 0 saturated carbocycles. The van der Waals surface area contributed by atoms with Gasteiger partial charge in [-0.15, -0.1) is 0 Å². The van der Waals surface area contributed by atoms with Gasteiger partial charge in [-0.25, -0.2) is 9.18 Å². The molecule has 2 aromatic carbocycles. The lowest BCUT2D eigenvalue weighted by Gasteiger charge is -2.07. The molecule has 2 aromatic rings. The summed E-state index contributed by atoms with van der Waals surface area (Å²) in [6, 6.07) is 9.57. The monoisotopic (exact) mass is 361 g/mol. The summed E-state index contributed by atoms with van der Waals surface area (Å²) in [6.45, 7) is 3.52. The summed E-state index contributed by atoms with van der Waals surface area (Å²) in [7, 11) is 0. The van der Waals surface area contributed by atoms with E-state index >= 15 is 0 Å². The second-order valence-corrected chi connectivity index (χ2v) is 5.87. The molecule has 0 aliphatic rings. The zero-order valence-electron chi connectivity index (χ0n) is 13.8. The number of ether oxygens (including phenoxy) is 1. The molecule has 0 radical (unpaired) electrons. The van der Waals surface area contributed by atoms with E-state index in [0.717, 1.165) is 17.2 Å². The molecule has 0 saturated heterocycles. The summed E-state index contributed by atoms with van der Waals surface area (Å²) in [5.41, 5.74) is 3.36. The van der Waals surface area contributed by atoms with Gasteiger partial charge in [-0.2, -0.15) is 0 Å². The first-order chi connectivity index (χ1) is 11.8. The van der Waals surface area contributed by atoms with Gasteiger partial charge >= 0.3 is 5.97 Å². The number of halogens is 2. The van der Waals surface area contributed by atoms with Crippen molar-refractivity contribution in [2.24, 2.45) is 0 Å². The van der Waals surface area contributed by atoms with Crippen LogP contribution >= 0.6 is 11.6 Å². The van der Waals surface area contributed by atoms with Crippen LogP contribution in [0, 0.1) is 19.7 Å². The van der Waals surface area contributed by atoms with E-state index in [4.69, 9.17) is 16.3 Å². The van der Waals surface area contributed by atoms with Gasteiger partial charge in [-0.1, -0.05) is 23.7 Å². The van der Waals surface area contributed by atoms with E-state index in [-0.39, 0.29) is 5.02 Å². The minimum Gasteiger partial charge on any atom is -0.452 e. The van der Waals surface area contributed by atoms with E-state index < -0.39 is 24.3 Å². The topological polar surface area (TPSA) is 55.4 Å². The van der Waals surface area contributed by atoms with Gasteiger partial charge in [0.25, 0.3) is 5.91 Å². The Labute approximate surface area is 150 Å². The first-order valence-corrected chi connectivity index (χ1v) is 7.90. The Kier molecular flexibility index (Phi) is 6.31. The molecule has 0 atom stereocenters. The second kappa shape index (κ2) is 8.44. The molecule has 0 spiro atoms. The first-order valence-electron chi connectivity index (χ1n) is 7.52. The molecule has 1 amide bonds. The van der Waals surface area contributed by atoms with Crippen molar-refractivity contribution < 1.29 is 18.7 Å². The summed E-state index contributed by atoms with van der Waals surface area (Å²) >= 11 is 5.65. The number of benzene rings is 2. The van der Waals surface area contributed by atoms with Crippen molar-refractivity contribution in [1.82, 2.24) is 0 Å². The van der Waals surface area contributed by atoms with Gasteiger partial charge in [-0.05, 0) is 60.9 Å². The average molecular weight is 362 g/mol. The van der Waals surface area contributed by atoms with Crippen LogP contribution in [0.3, 0.4) is 0 Å². The SMILES string of the molecule is Cc1ccc(NC(=O)COC(=O)/C=C/c2ccc(F)c(Cl)c2)cc1C. The maximum atomic E-state index is 13.0. The molecule has 2 rings (SSSR count). The van der Waals surface area contributed by atoms with Crippen molar-refractivity contribution in [1.29, 1.82) is 0 Å². The smallest absolute Gasteiger partial charge is 0.331 e. The molecule has 1 N–H and O–H groups in total. The van der Waals surface area contributed by atoms with Crippen molar-refractivity contribution in [2.75, 3.05) is 11.9 Å². The molecular weight excluding hydrogens is 345 g/mol. The van der Waals surface area contributed by atoms with Crippen molar-refractivity contribution >= 4 is 35.2 Å². The average Bonchev–Trinajstić information content (AvgIpc) is 2.57. The highest BCUT2D eigenvalue weighted by molar-refractivity contribution is 6.30. The van der Waals surface area contributed by atoms with Crippen LogP contribution in [0.15, 0.2) is 42.5 Å². The standard InChI is InChI=1S/C19H17ClFNO3/c1-12-3-6-15(9-13(12)2)22-18(23)11-25-19(24)8-5-14-4-7-17(21)16(20)10-14/h3-10H,11H2,1-2H3,(H,22,23)/b8-5+. The maximum Gasteiger partial charge on any atom is 0.331 e. The number of esters is 1. The minimum absolute atomic E-state index is 0.0386. The van der Waals surface area contributed by atoms with Gasteiger partial charge in [0, 0.05) is 11.8 Å². The van der Waals surface area contributed by atoms with E-state index in [9.17, 15) is 14.0 Å². The Morgan fingerprint density at radius 2 is 1.92 bits per heavy atom. The van der Waals surface area contributed by atoms with Crippen molar-refractivity contribution in [3.8, 4) is 0 Å². The third-order valence-corrected chi connectivity index (χ3v) is 3.78. The van der Waals surface area contributed by atoms with Gasteiger partial charge < -0.3 is 10.1 Å². The van der Waals surface area contributed by atoms with E-state index in [0.29, 0.717) is 11.3 Å². The second-order valence-electron chi connectivity index (χ2n) is 5.46. The lowest BCUT2D eigenvalue weighted by molar-refractivity contribution is -0.142. The zero-order chi connectivity index (χ0) is 18.4. The van der Waals surface area contributed by atoms with E-state index in [2.05, 4.69) is 5.32 Å². The fraction of sp³-hybridized carbons (Fsp3) is 0.158. The molecule has 25 heavy (non-hydrogen) atoms. The fourth-order valence-corrected chi connectivity index (χ4v) is 2.17. The quantitative estimate of drug-likeness (QED) is 0.638. The van der Waals surface area contributed by atoms with Gasteiger partial charge in [0.2, 0.25) is 0 Å². The molecule has 0 unspecified atom stereocenters. The fourth-order valence-electron chi connectivity index (χ4n) is 1.98. The third-order valence-electron chi connectivity index (χ3n) is 3.49. The normalized spacial score (nSPS) is 10.7. The van der Waals surface area contributed by atoms with Gasteiger partial charge in [0.1, 0.15) is 5.82 Å². The molecule has 0 aliphatic heterocycles. The number of hydrogen-bond donors (Lipinski definition) is 1. The van der Waals surface area contributed by atoms with Gasteiger partial charge in [0.15, 0.2) is 6.61 Å². The number of hydrogen-bond acceptors (Lipinski definition) is 3. The molecule has 0 aliphatic carbocycles. The third kappa shape index (κ3) is 5.72. The van der Waals surface area contributed by atoms with Crippen LogP contribution in [-0.2, 0) is 14.3 Å². The molecule has 130 valence electrons. The van der Waals surface area contributed by atoms with Crippen LogP contribution in [0.5, 0.6) is 0 Å². The highest BCUT2D eigenvalue weighted by atomic mass is 35.5.